The molecule has 2 N–H and O–H groups in total. The molecule has 13 heavy (non-hydrogen) atoms. The van der Waals surface area contributed by atoms with E-state index in [9.17, 15) is 4.79 Å². The lowest BCUT2D eigenvalue weighted by atomic mass is 10.1. The van der Waals surface area contributed by atoms with Crippen LogP contribution in [0.2, 0.25) is 0 Å². The molecule has 1 atom stereocenters. The van der Waals surface area contributed by atoms with Gasteiger partial charge >= 0.3 is 5.97 Å². The molecule has 0 bridgehead atoms. The molecular weight excluding hydrogens is 186 g/mol. The molecule has 0 fully saturated rings. The van der Waals surface area contributed by atoms with Crippen LogP contribution in [0.1, 0.15) is 28.1 Å². The zero-order valence-corrected chi connectivity index (χ0v) is 8.56. The van der Waals surface area contributed by atoms with Crippen molar-refractivity contribution in [3.8, 4) is 0 Å². The van der Waals surface area contributed by atoms with Crippen molar-refractivity contribution in [1.29, 1.82) is 0 Å². The molecule has 0 aliphatic heterocycles. The van der Waals surface area contributed by atoms with Crippen molar-refractivity contribution in [1.82, 2.24) is 0 Å². The minimum atomic E-state index is -0.285. The van der Waals surface area contributed by atoms with Crippen LogP contribution in [0.15, 0.2) is 11.4 Å². The minimum Gasteiger partial charge on any atom is -0.465 e. The predicted octanol–water partition coefficient (Wildman–Crippen LogP) is 1.60. The Morgan fingerprint density at radius 2 is 2.46 bits per heavy atom. The Morgan fingerprint density at radius 1 is 1.77 bits per heavy atom. The molecule has 1 heterocycles. The summed E-state index contributed by atoms with van der Waals surface area (Å²) in [7, 11) is 1.38. The molecule has 0 radical (unpaired) electrons. The van der Waals surface area contributed by atoms with E-state index in [1.165, 1.54) is 7.11 Å². The molecule has 1 aromatic rings. The number of hydrogen-bond acceptors (Lipinski definition) is 4. The highest BCUT2D eigenvalue weighted by atomic mass is 32.1. The van der Waals surface area contributed by atoms with Crippen LogP contribution >= 0.6 is 11.3 Å². The molecule has 72 valence electrons. The molecular formula is C9H13NO2S. The Hall–Kier alpha value is -0.870. The lowest BCUT2D eigenvalue weighted by Gasteiger charge is -2.02. The minimum absolute atomic E-state index is 0.285. The number of ether oxygens (including phenoxy) is 1. The highest BCUT2D eigenvalue weighted by Crippen LogP contribution is 2.23. The Labute approximate surface area is 81.5 Å². The van der Waals surface area contributed by atoms with Gasteiger partial charge in [0.25, 0.3) is 0 Å². The molecule has 1 unspecified atom stereocenters. The second kappa shape index (κ2) is 4.39. The molecule has 1 rings (SSSR count). The van der Waals surface area contributed by atoms with Crippen molar-refractivity contribution in [2.75, 3.05) is 13.7 Å². The maximum absolute atomic E-state index is 11.1. The number of methoxy groups -OCH3 is 1. The van der Waals surface area contributed by atoms with Crippen LogP contribution in [0.5, 0.6) is 0 Å². The van der Waals surface area contributed by atoms with Gasteiger partial charge in [0, 0.05) is 16.2 Å². The first kappa shape index (κ1) is 10.2. The Kier molecular flexibility index (Phi) is 3.45. The number of carbonyl (C=O) groups excluding carboxylic acids is 1. The monoisotopic (exact) mass is 199 g/mol. The van der Waals surface area contributed by atoms with Gasteiger partial charge in [0.1, 0.15) is 0 Å². The average molecular weight is 199 g/mol. The number of esters is 1. The quantitative estimate of drug-likeness (QED) is 0.752. The van der Waals surface area contributed by atoms with Crippen LogP contribution in [0.3, 0.4) is 0 Å². The standard InChI is InChI=1S/C9H13NO2S/c1-6(4-10)8-3-7(5-13-8)9(11)12-2/h3,5-6H,4,10H2,1-2H3. The van der Waals surface area contributed by atoms with Crippen LogP contribution in [0, 0.1) is 0 Å². The second-order valence-corrected chi connectivity index (χ2v) is 3.81. The highest BCUT2D eigenvalue weighted by Gasteiger charge is 2.11. The van der Waals surface area contributed by atoms with E-state index in [4.69, 9.17) is 5.73 Å². The molecule has 1 aromatic heterocycles. The van der Waals surface area contributed by atoms with Gasteiger partial charge in [-0.25, -0.2) is 4.79 Å². The maximum atomic E-state index is 11.1. The van der Waals surface area contributed by atoms with E-state index in [0.29, 0.717) is 18.0 Å². The molecule has 0 aromatic carbocycles. The fraction of sp³-hybridized carbons (Fsp3) is 0.444. The van der Waals surface area contributed by atoms with Crippen molar-refractivity contribution < 1.29 is 9.53 Å². The first-order valence-corrected chi connectivity index (χ1v) is 4.93. The number of hydrogen-bond donors (Lipinski definition) is 1. The number of rotatable bonds is 3. The fourth-order valence-electron chi connectivity index (χ4n) is 0.952. The van der Waals surface area contributed by atoms with E-state index in [0.717, 1.165) is 4.88 Å². The van der Waals surface area contributed by atoms with Gasteiger partial charge in [0.05, 0.1) is 12.7 Å². The van der Waals surface area contributed by atoms with Gasteiger partial charge < -0.3 is 10.5 Å². The first-order chi connectivity index (χ1) is 6.19. The molecule has 3 nitrogen and oxygen atoms in total. The van der Waals surface area contributed by atoms with Gasteiger partial charge in [-0.1, -0.05) is 6.92 Å². The Morgan fingerprint density at radius 3 is 3.00 bits per heavy atom. The SMILES string of the molecule is COC(=O)c1csc(C(C)CN)c1. The van der Waals surface area contributed by atoms with Crippen molar-refractivity contribution in [2.24, 2.45) is 5.73 Å². The summed E-state index contributed by atoms with van der Waals surface area (Å²) in [5, 5.41) is 1.80. The summed E-state index contributed by atoms with van der Waals surface area (Å²) in [6, 6.07) is 1.84. The van der Waals surface area contributed by atoms with E-state index in [1.54, 1.807) is 16.7 Å². The normalized spacial score (nSPS) is 12.5. The summed E-state index contributed by atoms with van der Waals surface area (Å²) < 4.78 is 4.60. The van der Waals surface area contributed by atoms with Crippen molar-refractivity contribution in [3.05, 3.63) is 21.9 Å². The van der Waals surface area contributed by atoms with Crippen molar-refractivity contribution >= 4 is 17.3 Å². The smallest absolute Gasteiger partial charge is 0.338 e. The summed E-state index contributed by atoms with van der Waals surface area (Å²) in [4.78, 5) is 12.2. The Bertz CT molecular complexity index is 296. The lowest BCUT2D eigenvalue weighted by Crippen LogP contribution is -2.07. The molecule has 0 aliphatic carbocycles. The summed E-state index contributed by atoms with van der Waals surface area (Å²) in [6.07, 6.45) is 0. The van der Waals surface area contributed by atoms with E-state index >= 15 is 0 Å². The summed E-state index contributed by atoms with van der Waals surface area (Å²) in [5.74, 6) is 0.0233. The predicted molar refractivity (Wildman–Crippen MR) is 53.1 cm³/mol. The second-order valence-electron chi connectivity index (χ2n) is 2.87. The van der Waals surface area contributed by atoms with Gasteiger partial charge in [-0.2, -0.15) is 0 Å². The summed E-state index contributed by atoms with van der Waals surface area (Å²) in [5.41, 5.74) is 6.13. The zero-order valence-electron chi connectivity index (χ0n) is 7.74. The topological polar surface area (TPSA) is 52.3 Å². The number of nitrogens with two attached hydrogens (primary N) is 1. The van der Waals surface area contributed by atoms with Crippen molar-refractivity contribution in [3.63, 3.8) is 0 Å². The highest BCUT2D eigenvalue weighted by molar-refractivity contribution is 7.10. The van der Waals surface area contributed by atoms with E-state index in [2.05, 4.69) is 4.74 Å². The maximum Gasteiger partial charge on any atom is 0.338 e. The van der Waals surface area contributed by atoms with E-state index < -0.39 is 0 Å². The van der Waals surface area contributed by atoms with E-state index in [1.807, 2.05) is 13.0 Å². The van der Waals surface area contributed by atoms with Gasteiger partial charge in [0.2, 0.25) is 0 Å². The summed E-state index contributed by atoms with van der Waals surface area (Å²) in [6.45, 7) is 2.63. The van der Waals surface area contributed by atoms with Crippen LogP contribution in [0.4, 0.5) is 0 Å². The molecule has 0 spiro atoms. The van der Waals surface area contributed by atoms with Crippen LogP contribution in [0.25, 0.3) is 0 Å². The largest absolute Gasteiger partial charge is 0.465 e. The molecule has 4 heteroatoms. The van der Waals surface area contributed by atoms with Gasteiger partial charge in [0.15, 0.2) is 0 Å². The third-order valence-electron chi connectivity index (χ3n) is 1.88. The van der Waals surface area contributed by atoms with E-state index in [-0.39, 0.29) is 5.97 Å². The Balaban J connectivity index is 2.80. The summed E-state index contributed by atoms with van der Waals surface area (Å²) >= 11 is 1.55. The molecule has 0 saturated heterocycles. The lowest BCUT2D eigenvalue weighted by molar-refractivity contribution is 0.0601. The third-order valence-corrected chi connectivity index (χ3v) is 3.04. The van der Waals surface area contributed by atoms with Crippen LogP contribution in [-0.4, -0.2) is 19.6 Å². The zero-order chi connectivity index (χ0) is 9.84. The van der Waals surface area contributed by atoms with Crippen LogP contribution < -0.4 is 5.73 Å². The van der Waals surface area contributed by atoms with Crippen molar-refractivity contribution in [2.45, 2.75) is 12.8 Å². The van der Waals surface area contributed by atoms with Crippen LogP contribution in [-0.2, 0) is 4.74 Å². The van der Waals surface area contributed by atoms with Gasteiger partial charge in [-0.05, 0) is 12.6 Å². The first-order valence-electron chi connectivity index (χ1n) is 4.05. The van der Waals surface area contributed by atoms with Gasteiger partial charge in [-0.3, -0.25) is 0 Å². The molecule has 0 amide bonds. The molecule has 0 saturated carbocycles. The van der Waals surface area contributed by atoms with Gasteiger partial charge in [-0.15, -0.1) is 11.3 Å². The third kappa shape index (κ3) is 2.29. The fourth-order valence-corrected chi connectivity index (χ4v) is 1.90. The number of thiophene rings is 1. The average Bonchev–Trinajstić information content (AvgIpc) is 2.64. The molecule has 0 aliphatic rings. The number of carbonyl (C=O) groups is 1.